The van der Waals surface area contributed by atoms with Crippen LogP contribution in [-0.2, 0) is 0 Å². The third-order valence-corrected chi connectivity index (χ3v) is 2.81. The van der Waals surface area contributed by atoms with Gasteiger partial charge in [0.05, 0.1) is 6.10 Å². The summed E-state index contributed by atoms with van der Waals surface area (Å²) < 4.78 is 0. The van der Waals surface area contributed by atoms with E-state index in [4.69, 9.17) is 0 Å². The van der Waals surface area contributed by atoms with Crippen LogP contribution in [0, 0.1) is 11.8 Å². The van der Waals surface area contributed by atoms with Crippen LogP contribution in [0.1, 0.15) is 26.2 Å². The van der Waals surface area contributed by atoms with Crippen LogP contribution in [0.4, 0.5) is 0 Å². The highest BCUT2D eigenvalue weighted by Crippen LogP contribution is 2.34. The molecule has 1 aliphatic carbocycles. The van der Waals surface area contributed by atoms with Gasteiger partial charge in [0.1, 0.15) is 0 Å². The molecule has 3 unspecified atom stereocenters. The molecule has 0 saturated heterocycles. The molecule has 1 fully saturated rings. The van der Waals surface area contributed by atoms with Crippen LogP contribution < -0.4 is 0 Å². The third-order valence-electron chi connectivity index (χ3n) is 2.81. The highest BCUT2D eigenvalue weighted by molar-refractivity contribution is 5.05. The SMILES string of the molecule is C=CC1CC(O)CCC1C(=C)C. The highest BCUT2D eigenvalue weighted by atomic mass is 16.3. The number of aliphatic hydroxyl groups excluding tert-OH is 1. The number of hydrogen-bond donors (Lipinski definition) is 1. The molecule has 0 aliphatic heterocycles. The molecule has 0 heterocycles. The van der Waals surface area contributed by atoms with Crippen molar-refractivity contribution in [1.29, 1.82) is 0 Å². The highest BCUT2D eigenvalue weighted by Gasteiger charge is 2.27. The Morgan fingerprint density at radius 2 is 2.17 bits per heavy atom. The second-order valence-electron chi connectivity index (χ2n) is 3.82. The predicted octanol–water partition coefficient (Wildman–Crippen LogP) is 2.53. The van der Waals surface area contributed by atoms with Gasteiger partial charge in [-0.2, -0.15) is 0 Å². The summed E-state index contributed by atoms with van der Waals surface area (Å²) in [6, 6.07) is 0. The lowest BCUT2D eigenvalue weighted by molar-refractivity contribution is 0.0941. The van der Waals surface area contributed by atoms with E-state index in [1.807, 2.05) is 6.08 Å². The molecule has 68 valence electrons. The summed E-state index contributed by atoms with van der Waals surface area (Å²) in [7, 11) is 0. The van der Waals surface area contributed by atoms with E-state index in [1.54, 1.807) is 0 Å². The van der Waals surface area contributed by atoms with Gasteiger partial charge in [0.25, 0.3) is 0 Å². The second kappa shape index (κ2) is 3.90. The van der Waals surface area contributed by atoms with E-state index in [9.17, 15) is 5.11 Å². The lowest BCUT2D eigenvalue weighted by atomic mass is 9.75. The minimum Gasteiger partial charge on any atom is -0.393 e. The Morgan fingerprint density at radius 3 is 2.67 bits per heavy atom. The fraction of sp³-hybridized carbons (Fsp3) is 0.636. The standard InChI is InChI=1S/C11H18O/c1-4-9-7-10(12)5-6-11(9)8(2)3/h4,9-12H,1-2,5-7H2,3H3. The minimum absolute atomic E-state index is 0.122. The molecule has 12 heavy (non-hydrogen) atoms. The Kier molecular flexibility index (Phi) is 3.10. The van der Waals surface area contributed by atoms with Gasteiger partial charge >= 0.3 is 0 Å². The molecule has 1 rings (SSSR count). The van der Waals surface area contributed by atoms with Gasteiger partial charge in [-0.05, 0) is 38.0 Å². The molecule has 1 N–H and O–H groups in total. The van der Waals surface area contributed by atoms with E-state index in [0.717, 1.165) is 19.3 Å². The van der Waals surface area contributed by atoms with Crippen LogP contribution in [0.5, 0.6) is 0 Å². The summed E-state index contributed by atoms with van der Waals surface area (Å²) >= 11 is 0. The van der Waals surface area contributed by atoms with Crippen LogP contribution in [-0.4, -0.2) is 11.2 Å². The summed E-state index contributed by atoms with van der Waals surface area (Å²) in [6.45, 7) is 9.84. The smallest absolute Gasteiger partial charge is 0.0546 e. The first-order valence-corrected chi connectivity index (χ1v) is 4.61. The molecular formula is C11H18O. The van der Waals surface area contributed by atoms with E-state index < -0.39 is 0 Å². The van der Waals surface area contributed by atoms with Crippen molar-refractivity contribution in [3.05, 3.63) is 24.8 Å². The van der Waals surface area contributed by atoms with Gasteiger partial charge in [0.2, 0.25) is 0 Å². The van der Waals surface area contributed by atoms with Crippen LogP contribution in [0.25, 0.3) is 0 Å². The first kappa shape index (κ1) is 9.53. The molecule has 0 aromatic carbocycles. The van der Waals surface area contributed by atoms with E-state index >= 15 is 0 Å². The zero-order chi connectivity index (χ0) is 9.14. The average Bonchev–Trinajstić information content (AvgIpc) is 2.03. The molecular weight excluding hydrogens is 148 g/mol. The summed E-state index contributed by atoms with van der Waals surface area (Å²) in [5, 5.41) is 9.43. The molecule has 1 heteroatoms. The Bertz CT molecular complexity index is 183. The zero-order valence-corrected chi connectivity index (χ0v) is 7.79. The number of rotatable bonds is 2. The normalized spacial score (nSPS) is 36.0. The van der Waals surface area contributed by atoms with Crippen LogP contribution in [0.15, 0.2) is 24.8 Å². The van der Waals surface area contributed by atoms with Gasteiger partial charge in [-0.25, -0.2) is 0 Å². The van der Waals surface area contributed by atoms with E-state index in [2.05, 4.69) is 20.1 Å². The van der Waals surface area contributed by atoms with Crippen molar-refractivity contribution < 1.29 is 5.11 Å². The molecule has 1 nitrogen and oxygen atoms in total. The zero-order valence-electron chi connectivity index (χ0n) is 7.79. The van der Waals surface area contributed by atoms with Gasteiger partial charge in [-0.3, -0.25) is 0 Å². The molecule has 0 bridgehead atoms. The summed E-state index contributed by atoms with van der Waals surface area (Å²) in [6.07, 6.45) is 4.68. The van der Waals surface area contributed by atoms with Crippen molar-refractivity contribution >= 4 is 0 Å². The van der Waals surface area contributed by atoms with Crippen molar-refractivity contribution in [2.45, 2.75) is 32.3 Å². The minimum atomic E-state index is -0.122. The summed E-state index contributed by atoms with van der Waals surface area (Å²) in [5.41, 5.74) is 1.23. The third kappa shape index (κ3) is 1.98. The van der Waals surface area contributed by atoms with E-state index in [0.29, 0.717) is 11.8 Å². The second-order valence-corrected chi connectivity index (χ2v) is 3.82. The summed E-state index contributed by atoms with van der Waals surface area (Å²) in [5.74, 6) is 0.983. The number of aliphatic hydroxyl groups is 1. The van der Waals surface area contributed by atoms with E-state index in [1.165, 1.54) is 5.57 Å². The topological polar surface area (TPSA) is 20.2 Å². The Balaban J connectivity index is 2.62. The fourth-order valence-corrected chi connectivity index (χ4v) is 2.05. The van der Waals surface area contributed by atoms with Gasteiger partial charge < -0.3 is 5.11 Å². The number of allylic oxidation sites excluding steroid dienone is 2. The fourth-order valence-electron chi connectivity index (χ4n) is 2.05. The van der Waals surface area contributed by atoms with Crippen molar-refractivity contribution in [2.75, 3.05) is 0 Å². The number of hydrogen-bond acceptors (Lipinski definition) is 1. The molecule has 0 aromatic rings. The maximum Gasteiger partial charge on any atom is 0.0546 e. The van der Waals surface area contributed by atoms with Crippen molar-refractivity contribution in [3.8, 4) is 0 Å². The van der Waals surface area contributed by atoms with Gasteiger partial charge in [-0.1, -0.05) is 18.2 Å². The lowest BCUT2D eigenvalue weighted by Gasteiger charge is -2.32. The quantitative estimate of drug-likeness (QED) is 0.625. The van der Waals surface area contributed by atoms with E-state index in [-0.39, 0.29) is 6.10 Å². The van der Waals surface area contributed by atoms with Gasteiger partial charge in [0.15, 0.2) is 0 Å². The lowest BCUT2D eigenvalue weighted by Crippen LogP contribution is -2.26. The first-order chi connectivity index (χ1) is 5.65. The van der Waals surface area contributed by atoms with Gasteiger partial charge in [0, 0.05) is 0 Å². The molecule has 0 amide bonds. The monoisotopic (exact) mass is 166 g/mol. The Labute approximate surface area is 74.8 Å². The molecule has 0 radical (unpaired) electrons. The van der Waals surface area contributed by atoms with Gasteiger partial charge in [-0.15, -0.1) is 6.58 Å². The largest absolute Gasteiger partial charge is 0.393 e. The predicted molar refractivity (Wildman–Crippen MR) is 51.8 cm³/mol. The Morgan fingerprint density at radius 1 is 1.50 bits per heavy atom. The Hall–Kier alpha value is -0.560. The first-order valence-electron chi connectivity index (χ1n) is 4.61. The molecule has 1 aliphatic rings. The maximum absolute atomic E-state index is 9.43. The van der Waals surface area contributed by atoms with Crippen LogP contribution in [0.3, 0.4) is 0 Å². The molecule has 0 spiro atoms. The maximum atomic E-state index is 9.43. The molecule has 1 saturated carbocycles. The van der Waals surface area contributed by atoms with Crippen molar-refractivity contribution in [3.63, 3.8) is 0 Å². The summed E-state index contributed by atoms with van der Waals surface area (Å²) in [4.78, 5) is 0. The average molecular weight is 166 g/mol. The van der Waals surface area contributed by atoms with Crippen LogP contribution >= 0.6 is 0 Å². The molecule has 3 atom stereocenters. The van der Waals surface area contributed by atoms with Crippen molar-refractivity contribution in [2.24, 2.45) is 11.8 Å². The molecule has 0 aromatic heterocycles. The van der Waals surface area contributed by atoms with Crippen LogP contribution in [0.2, 0.25) is 0 Å². The van der Waals surface area contributed by atoms with Crippen molar-refractivity contribution in [1.82, 2.24) is 0 Å².